The maximum atomic E-state index is 12.5. The van der Waals surface area contributed by atoms with E-state index in [-0.39, 0.29) is 23.4 Å². The highest BCUT2D eigenvalue weighted by Gasteiger charge is 2.25. The largest absolute Gasteiger partial charge is 0.497 e. The van der Waals surface area contributed by atoms with Gasteiger partial charge in [-0.25, -0.2) is 13.1 Å². The first-order valence-corrected chi connectivity index (χ1v) is 11.7. The van der Waals surface area contributed by atoms with Crippen LogP contribution in [0.25, 0.3) is 0 Å². The van der Waals surface area contributed by atoms with Gasteiger partial charge in [0, 0.05) is 30.2 Å². The van der Waals surface area contributed by atoms with Crippen LogP contribution in [0.4, 0.5) is 5.69 Å². The second-order valence-electron chi connectivity index (χ2n) is 7.24. The fourth-order valence-corrected chi connectivity index (χ4v) is 4.84. The van der Waals surface area contributed by atoms with E-state index < -0.39 is 10.0 Å². The lowest BCUT2D eigenvalue weighted by Crippen LogP contribution is -2.46. The van der Waals surface area contributed by atoms with Crippen molar-refractivity contribution >= 4 is 33.2 Å². The second-order valence-corrected chi connectivity index (χ2v) is 9.39. The summed E-state index contributed by atoms with van der Waals surface area (Å²) in [4.78, 5) is 14.6. The molecule has 0 spiro atoms. The molecule has 0 atom stereocenters. The molecule has 1 fully saturated rings. The van der Waals surface area contributed by atoms with Gasteiger partial charge in [-0.1, -0.05) is 11.6 Å². The maximum Gasteiger partial charge on any atom is 0.240 e. The zero-order valence-electron chi connectivity index (χ0n) is 17.4. The van der Waals surface area contributed by atoms with E-state index in [9.17, 15) is 13.2 Å². The third kappa shape index (κ3) is 6.33. The van der Waals surface area contributed by atoms with Crippen molar-refractivity contribution in [3.05, 3.63) is 47.5 Å². The van der Waals surface area contributed by atoms with Crippen molar-refractivity contribution in [3.8, 4) is 11.5 Å². The van der Waals surface area contributed by atoms with Crippen molar-refractivity contribution in [1.29, 1.82) is 0 Å². The van der Waals surface area contributed by atoms with Gasteiger partial charge in [0.25, 0.3) is 0 Å². The molecule has 0 aliphatic carbocycles. The minimum Gasteiger partial charge on any atom is -0.497 e. The highest BCUT2D eigenvalue weighted by Crippen LogP contribution is 2.29. The van der Waals surface area contributed by atoms with Gasteiger partial charge in [-0.2, -0.15) is 0 Å². The molecule has 0 saturated carbocycles. The van der Waals surface area contributed by atoms with Crippen LogP contribution in [0.1, 0.15) is 12.8 Å². The Morgan fingerprint density at radius 3 is 2.39 bits per heavy atom. The third-order valence-corrected chi connectivity index (χ3v) is 6.87. The standard InChI is InChI=1S/C21H26ClN3O5S/c1-29-17-5-8-19(20(13-17)30-2)23-21(26)14-25-11-9-16(10-12-25)24-31(27,28)18-6-3-15(22)4-7-18/h3-8,13,16,24H,9-12,14H2,1-2H3,(H,23,26). The van der Waals surface area contributed by atoms with E-state index in [0.717, 1.165) is 0 Å². The molecule has 3 rings (SSSR count). The van der Waals surface area contributed by atoms with Crippen molar-refractivity contribution in [2.24, 2.45) is 0 Å². The molecule has 168 valence electrons. The molecule has 1 aliphatic rings. The monoisotopic (exact) mass is 467 g/mol. The highest BCUT2D eigenvalue weighted by molar-refractivity contribution is 7.89. The molecule has 0 aromatic heterocycles. The van der Waals surface area contributed by atoms with Gasteiger partial charge in [0.15, 0.2) is 0 Å². The lowest BCUT2D eigenvalue weighted by atomic mass is 10.1. The highest BCUT2D eigenvalue weighted by atomic mass is 35.5. The summed E-state index contributed by atoms with van der Waals surface area (Å²) in [6, 6.07) is 11.1. The van der Waals surface area contributed by atoms with Crippen molar-refractivity contribution in [2.75, 3.05) is 39.2 Å². The van der Waals surface area contributed by atoms with Crippen LogP contribution in [0.3, 0.4) is 0 Å². The van der Waals surface area contributed by atoms with Gasteiger partial charge in [-0.05, 0) is 49.2 Å². The summed E-state index contributed by atoms with van der Waals surface area (Å²) >= 11 is 5.83. The number of nitrogens with one attached hydrogen (secondary N) is 2. The van der Waals surface area contributed by atoms with Gasteiger partial charge in [0.2, 0.25) is 15.9 Å². The van der Waals surface area contributed by atoms with E-state index in [2.05, 4.69) is 10.0 Å². The number of anilines is 1. The smallest absolute Gasteiger partial charge is 0.240 e. The first kappa shape index (κ1) is 23.3. The number of piperidine rings is 1. The van der Waals surface area contributed by atoms with Crippen LogP contribution in [-0.2, 0) is 14.8 Å². The first-order chi connectivity index (χ1) is 14.8. The van der Waals surface area contributed by atoms with Crippen molar-refractivity contribution in [1.82, 2.24) is 9.62 Å². The summed E-state index contributed by atoms with van der Waals surface area (Å²) in [6.07, 6.45) is 1.23. The Hall–Kier alpha value is -2.33. The zero-order valence-corrected chi connectivity index (χ0v) is 19.0. The van der Waals surface area contributed by atoms with E-state index in [1.165, 1.54) is 19.2 Å². The molecule has 10 heteroatoms. The normalized spacial score (nSPS) is 15.5. The molecule has 2 N–H and O–H groups in total. The van der Waals surface area contributed by atoms with E-state index >= 15 is 0 Å². The molecular weight excluding hydrogens is 442 g/mol. The van der Waals surface area contributed by atoms with Crippen LogP contribution in [0.15, 0.2) is 47.4 Å². The van der Waals surface area contributed by atoms with Gasteiger partial charge in [-0.3, -0.25) is 9.69 Å². The number of likely N-dealkylation sites (tertiary alicyclic amines) is 1. The van der Waals surface area contributed by atoms with Gasteiger partial charge >= 0.3 is 0 Å². The van der Waals surface area contributed by atoms with Crippen LogP contribution < -0.4 is 19.5 Å². The van der Waals surface area contributed by atoms with Crippen LogP contribution in [0.5, 0.6) is 11.5 Å². The Morgan fingerprint density at radius 2 is 1.77 bits per heavy atom. The van der Waals surface area contributed by atoms with E-state index in [1.54, 1.807) is 37.4 Å². The van der Waals surface area contributed by atoms with Crippen molar-refractivity contribution in [2.45, 2.75) is 23.8 Å². The van der Waals surface area contributed by atoms with Gasteiger partial charge in [-0.15, -0.1) is 0 Å². The van der Waals surface area contributed by atoms with Gasteiger partial charge in [0.05, 0.1) is 31.3 Å². The molecule has 31 heavy (non-hydrogen) atoms. The van der Waals surface area contributed by atoms with Crippen LogP contribution in [0.2, 0.25) is 5.02 Å². The van der Waals surface area contributed by atoms with Gasteiger partial charge < -0.3 is 14.8 Å². The lowest BCUT2D eigenvalue weighted by Gasteiger charge is -2.31. The number of carbonyl (C=O) groups excluding carboxylic acids is 1. The number of methoxy groups -OCH3 is 2. The number of carbonyl (C=O) groups is 1. The number of hydrogen-bond donors (Lipinski definition) is 2. The van der Waals surface area contributed by atoms with E-state index in [0.29, 0.717) is 48.1 Å². The second kappa shape index (κ2) is 10.3. The zero-order chi connectivity index (χ0) is 22.4. The summed E-state index contributed by atoms with van der Waals surface area (Å²) < 4.78 is 38.3. The average molecular weight is 468 g/mol. The lowest BCUT2D eigenvalue weighted by molar-refractivity contribution is -0.117. The number of nitrogens with zero attached hydrogens (tertiary/aromatic N) is 1. The fourth-order valence-electron chi connectivity index (χ4n) is 3.40. The summed E-state index contributed by atoms with van der Waals surface area (Å²) in [5, 5.41) is 3.34. The van der Waals surface area contributed by atoms with E-state index in [4.69, 9.17) is 21.1 Å². The number of sulfonamides is 1. The molecule has 1 amide bonds. The third-order valence-electron chi connectivity index (χ3n) is 5.08. The molecular formula is C21H26ClN3O5S. The average Bonchev–Trinajstić information content (AvgIpc) is 2.75. The molecule has 1 aliphatic heterocycles. The summed E-state index contributed by atoms with van der Waals surface area (Å²) in [6.45, 7) is 1.44. The van der Waals surface area contributed by atoms with Crippen LogP contribution >= 0.6 is 11.6 Å². The Labute approximate surface area is 187 Å². The van der Waals surface area contributed by atoms with E-state index in [1.807, 2.05) is 4.90 Å². The minimum absolute atomic E-state index is 0.163. The molecule has 2 aromatic rings. The number of halogens is 1. The first-order valence-electron chi connectivity index (χ1n) is 9.83. The summed E-state index contributed by atoms with van der Waals surface area (Å²) in [5.41, 5.74) is 0.568. The predicted octanol–water partition coefficient (Wildman–Crippen LogP) is 2.74. The number of rotatable bonds is 8. The quantitative estimate of drug-likeness (QED) is 0.619. The molecule has 0 unspecified atom stereocenters. The fraction of sp³-hybridized carbons (Fsp3) is 0.381. The van der Waals surface area contributed by atoms with Crippen molar-refractivity contribution in [3.63, 3.8) is 0 Å². The molecule has 1 heterocycles. The number of amides is 1. The van der Waals surface area contributed by atoms with Crippen LogP contribution in [0, 0.1) is 0 Å². The number of hydrogen-bond acceptors (Lipinski definition) is 6. The van der Waals surface area contributed by atoms with Crippen LogP contribution in [-0.4, -0.2) is 59.1 Å². The molecule has 2 aromatic carbocycles. The van der Waals surface area contributed by atoms with Crippen molar-refractivity contribution < 1.29 is 22.7 Å². The Morgan fingerprint density at radius 1 is 1.10 bits per heavy atom. The minimum atomic E-state index is -3.60. The topological polar surface area (TPSA) is 97.0 Å². The Bertz CT molecular complexity index is 1010. The number of benzene rings is 2. The molecule has 8 nitrogen and oxygen atoms in total. The summed E-state index contributed by atoms with van der Waals surface area (Å²) in [5.74, 6) is 0.990. The van der Waals surface area contributed by atoms with Gasteiger partial charge in [0.1, 0.15) is 11.5 Å². The summed E-state index contributed by atoms with van der Waals surface area (Å²) in [7, 11) is -0.512. The Balaban J connectivity index is 1.50. The maximum absolute atomic E-state index is 12.5. The molecule has 0 radical (unpaired) electrons. The molecule has 0 bridgehead atoms. The number of ether oxygens (including phenoxy) is 2. The molecule has 1 saturated heterocycles. The Kier molecular flexibility index (Phi) is 7.77. The predicted molar refractivity (Wildman–Crippen MR) is 119 cm³/mol. The SMILES string of the molecule is COc1ccc(NC(=O)CN2CCC(NS(=O)(=O)c3ccc(Cl)cc3)CC2)c(OC)c1.